The molecule has 166 valence electrons. The van der Waals surface area contributed by atoms with Crippen LogP contribution in [0.15, 0.2) is 35.9 Å². The molecular weight excluding hydrogens is 483 g/mol. The first-order chi connectivity index (χ1) is 15.1. The highest BCUT2D eigenvalue weighted by Gasteiger charge is 2.37. The molecule has 1 aliphatic heterocycles. The van der Waals surface area contributed by atoms with Crippen LogP contribution < -0.4 is 15.0 Å². The first kappa shape index (κ1) is 23.6. The maximum absolute atomic E-state index is 13.0. The second kappa shape index (κ2) is 9.60. The molecule has 32 heavy (non-hydrogen) atoms. The van der Waals surface area contributed by atoms with Crippen molar-refractivity contribution in [1.82, 2.24) is 5.32 Å². The molecule has 2 aromatic carbocycles. The predicted octanol–water partition coefficient (Wildman–Crippen LogP) is 4.17. The maximum Gasteiger partial charge on any atom is 0.343 e. The Morgan fingerprint density at radius 1 is 1.06 bits per heavy atom. The number of anilines is 1. The standard InChI is InChI=1S/C21H15Cl3N2O6/c1-10-3-4-12(8-14(10)22)26-20(29)13(19(28)25-21(26)30)5-11-6-15(23)18(16(24)7-11)32-9-17(27)31-2/h3-8H,9H2,1-2H3,(H,25,28,30)/b13-5-. The van der Waals surface area contributed by atoms with E-state index in [1.807, 2.05) is 0 Å². The lowest BCUT2D eigenvalue weighted by Crippen LogP contribution is -2.54. The summed E-state index contributed by atoms with van der Waals surface area (Å²) in [6.07, 6.45) is 1.23. The number of methoxy groups -OCH3 is 1. The summed E-state index contributed by atoms with van der Waals surface area (Å²) in [6.45, 7) is 1.36. The number of halogens is 3. The lowest BCUT2D eigenvalue weighted by molar-refractivity contribution is -0.143. The van der Waals surface area contributed by atoms with Gasteiger partial charge in [0.25, 0.3) is 11.8 Å². The van der Waals surface area contributed by atoms with Crippen LogP contribution in [-0.4, -0.2) is 37.5 Å². The number of benzene rings is 2. The SMILES string of the molecule is COC(=O)COc1c(Cl)cc(/C=C2/C(=O)NC(=O)N(c3ccc(C)c(Cl)c3)C2=O)cc1Cl. The van der Waals surface area contributed by atoms with Crippen LogP contribution in [0.25, 0.3) is 6.08 Å². The van der Waals surface area contributed by atoms with Gasteiger partial charge in [0, 0.05) is 5.02 Å². The number of amides is 4. The Balaban J connectivity index is 1.95. The fraction of sp³-hybridized carbons (Fsp3) is 0.143. The highest BCUT2D eigenvalue weighted by Crippen LogP contribution is 2.35. The zero-order valence-corrected chi connectivity index (χ0v) is 19.0. The van der Waals surface area contributed by atoms with Gasteiger partial charge in [-0.15, -0.1) is 0 Å². The molecule has 0 spiro atoms. The second-order valence-electron chi connectivity index (χ2n) is 6.57. The van der Waals surface area contributed by atoms with Crippen molar-refractivity contribution >= 4 is 70.4 Å². The third kappa shape index (κ3) is 4.88. The lowest BCUT2D eigenvalue weighted by atomic mass is 10.1. The van der Waals surface area contributed by atoms with E-state index in [0.717, 1.165) is 10.5 Å². The van der Waals surface area contributed by atoms with Crippen LogP contribution in [0.3, 0.4) is 0 Å². The summed E-state index contributed by atoms with van der Waals surface area (Å²) in [5, 5.41) is 2.54. The molecule has 3 rings (SSSR count). The molecule has 0 radical (unpaired) electrons. The summed E-state index contributed by atoms with van der Waals surface area (Å²) < 4.78 is 9.73. The molecule has 0 bridgehead atoms. The van der Waals surface area contributed by atoms with Gasteiger partial charge in [-0.1, -0.05) is 40.9 Å². The second-order valence-corrected chi connectivity index (χ2v) is 7.79. The summed E-state index contributed by atoms with van der Waals surface area (Å²) in [5.41, 5.74) is 0.923. The normalized spacial score (nSPS) is 15.1. The van der Waals surface area contributed by atoms with Gasteiger partial charge in [-0.3, -0.25) is 14.9 Å². The van der Waals surface area contributed by atoms with E-state index in [2.05, 4.69) is 10.1 Å². The first-order valence-corrected chi connectivity index (χ1v) is 10.1. The summed E-state index contributed by atoms with van der Waals surface area (Å²) in [4.78, 5) is 49.7. The molecule has 8 nitrogen and oxygen atoms in total. The van der Waals surface area contributed by atoms with Gasteiger partial charge in [0.2, 0.25) is 0 Å². The van der Waals surface area contributed by atoms with E-state index in [4.69, 9.17) is 39.5 Å². The Morgan fingerprint density at radius 3 is 2.31 bits per heavy atom. The number of ether oxygens (including phenoxy) is 2. The molecule has 1 heterocycles. The Hall–Kier alpha value is -3.07. The van der Waals surface area contributed by atoms with E-state index < -0.39 is 30.4 Å². The monoisotopic (exact) mass is 496 g/mol. The van der Waals surface area contributed by atoms with Gasteiger partial charge in [-0.25, -0.2) is 14.5 Å². The predicted molar refractivity (Wildman–Crippen MR) is 119 cm³/mol. The Kier molecular flexibility index (Phi) is 7.08. The van der Waals surface area contributed by atoms with Gasteiger partial charge >= 0.3 is 12.0 Å². The van der Waals surface area contributed by atoms with E-state index >= 15 is 0 Å². The van der Waals surface area contributed by atoms with Gasteiger partial charge in [-0.05, 0) is 48.4 Å². The molecule has 1 aliphatic rings. The van der Waals surface area contributed by atoms with Crippen molar-refractivity contribution in [3.8, 4) is 5.75 Å². The molecule has 1 fully saturated rings. The van der Waals surface area contributed by atoms with Gasteiger partial charge in [0.05, 0.1) is 22.8 Å². The largest absolute Gasteiger partial charge is 0.479 e. The van der Waals surface area contributed by atoms with Crippen molar-refractivity contribution in [1.29, 1.82) is 0 Å². The third-order valence-corrected chi connectivity index (χ3v) is 5.38. The molecule has 0 unspecified atom stereocenters. The van der Waals surface area contributed by atoms with Crippen LogP contribution in [0.5, 0.6) is 5.75 Å². The van der Waals surface area contributed by atoms with Crippen molar-refractivity contribution in [2.75, 3.05) is 18.6 Å². The number of imide groups is 2. The Labute approximate surface area is 197 Å². The summed E-state index contributed by atoms with van der Waals surface area (Å²) in [6, 6.07) is 6.49. The molecule has 11 heteroatoms. The summed E-state index contributed by atoms with van der Waals surface area (Å²) in [7, 11) is 1.20. The van der Waals surface area contributed by atoms with E-state index in [1.165, 1.54) is 37.5 Å². The number of carbonyl (C=O) groups excluding carboxylic acids is 4. The average molecular weight is 498 g/mol. The van der Waals surface area contributed by atoms with E-state index in [0.29, 0.717) is 10.6 Å². The average Bonchev–Trinajstić information content (AvgIpc) is 2.72. The van der Waals surface area contributed by atoms with Gasteiger partial charge < -0.3 is 9.47 Å². The van der Waals surface area contributed by atoms with Crippen LogP contribution in [0, 0.1) is 6.92 Å². The minimum absolute atomic E-state index is 0.0337. The van der Waals surface area contributed by atoms with Gasteiger partial charge in [-0.2, -0.15) is 0 Å². The molecule has 0 aliphatic carbocycles. The van der Waals surface area contributed by atoms with E-state index in [9.17, 15) is 19.2 Å². The van der Waals surface area contributed by atoms with Crippen LogP contribution >= 0.6 is 34.8 Å². The fourth-order valence-corrected chi connectivity index (χ4v) is 3.56. The van der Waals surface area contributed by atoms with Crippen LogP contribution in [0.2, 0.25) is 15.1 Å². The lowest BCUT2D eigenvalue weighted by Gasteiger charge is -2.26. The minimum atomic E-state index is -0.903. The number of esters is 1. The molecule has 0 saturated carbocycles. The van der Waals surface area contributed by atoms with Crippen LogP contribution in [0.1, 0.15) is 11.1 Å². The number of hydrogen-bond donors (Lipinski definition) is 1. The highest BCUT2D eigenvalue weighted by molar-refractivity contribution is 6.40. The van der Waals surface area contributed by atoms with Crippen molar-refractivity contribution in [2.24, 2.45) is 0 Å². The smallest absolute Gasteiger partial charge is 0.343 e. The minimum Gasteiger partial charge on any atom is -0.479 e. The zero-order valence-electron chi connectivity index (χ0n) is 16.7. The number of nitrogens with zero attached hydrogens (tertiary/aromatic N) is 1. The number of carbonyl (C=O) groups is 4. The first-order valence-electron chi connectivity index (χ1n) is 8.98. The molecule has 0 atom stereocenters. The number of barbiturate groups is 1. The number of hydrogen-bond acceptors (Lipinski definition) is 6. The van der Waals surface area contributed by atoms with Gasteiger partial charge in [0.15, 0.2) is 12.4 Å². The van der Waals surface area contributed by atoms with Gasteiger partial charge in [0.1, 0.15) is 5.57 Å². The maximum atomic E-state index is 13.0. The number of nitrogens with one attached hydrogen (secondary N) is 1. The summed E-state index contributed by atoms with van der Waals surface area (Å²) >= 11 is 18.5. The van der Waals surface area contributed by atoms with Crippen LogP contribution in [-0.2, 0) is 19.1 Å². The molecule has 2 aromatic rings. The Bertz CT molecular complexity index is 1160. The third-order valence-electron chi connectivity index (χ3n) is 4.41. The van der Waals surface area contributed by atoms with Crippen molar-refractivity contribution in [3.05, 3.63) is 62.1 Å². The van der Waals surface area contributed by atoms with E-state index in [-0.39, 0.29) is 27.1 Å². The van der Waals surface area contributed by atoms with Crippen LogP contribution in [0.4, 0.5) is 10.5 Å². The molecule has 1 saturated heterocycles. The van der Waals surface area contributed by atoms with Crippen molar-refractivity contribution < 1.29 is 28.7 Å². The van der Waals surface area contributed by atoms with Crippen molar-refractivity contribution in [2.45, 2.75) is 6.92 Å². The van der Waals surface area contributed by atoms with Crippen molar-refractivity contribution in [3.63, 3.8) is 0 Å². The van der Waals surface area contributed by atoms with E-state index in [1.54, 1.807) is 13.0 Å². The number of aryl methyl sites for hydroxylation is 1. The highest BCUT2D eigenvalue weighted by atomic mass is 35.5. The molecule has 4 amide bonds. The zero-order chi connectivity index (χ0) is 23.6. The summed E-state index contributed by atoms with van der Waals surface area (Å²) in [5.74, 6) is -2.33. The topological polar surface area (TPSA) is 102 Å². The molecule has 1 N–H and O–H groups in total. The Morgan fingerprint density at radius 2 is 1.72 bits per heavy atom. The quantitative estimate of drug-likeness (QED) is 0.378. The molecule has 0 aromatic heterocycles. The fourth-order valence-electron chi connectivity index (χ4n) is 2.77. The molecular formula is C21H15Cl3N2O6. The number of urea groups is 1. The number of rotatable bonds is 5.